The summed E-state index contributed by atoms with van der Waals surface area (Å²) in [4.78, 5) is 43.4. The van der Waals surface area contributed by atoms with Gasteiger partial charge in [0, 0.05) is 32.3 Å². The van der Waals surface area contributed by atoms with E-state index < -0.39 is 5.97 Å². The van der Waals surface area contributed by atoms with E-state index in [0.717, 1.165) is 19.5 Å². The van der Waals surface area contributed by atoms with E-state index in [1.165, 1.54) is 14.0 Å². The van der Waals surface area contributed by atoms with Crippen LogP contribution in [0.4, 0.5) is 0 Å². The molecule has 1 amide bonds. The summed E-state index contributed by atoms with van der Waals surface area (Å²) in [5.41, 5.74) is 1.64. The minimum Gasteiger partial charge on any atom is -0.465 e. The molecular formula is C17H25N3O4. The maximum Gasteiger partial charge on any atom is 0.339 e. The minimum absolute atomic E-state index is 0.0493. The van der Waals surface area contributed by atoms with E-state index in [0.29, 0.717) is 35.6 Å². The maximum atomic E-state index is 12.6. The zero-order valence-electron chi connectivity index (χ0n) is 14.8. The van der Waals surface area contributed by atoms with E-state index in [9.17, 15) is 14.4 Å². The Morgan fingerprint density at radius 3 is 2.50 bits per heavy atom. The van der Waals surface area contributed by atoms with Crippen LogP contribution in [0.25, 0.3) is 0 Å². The van der Waals surface area contributed by atoms with Crippen molar-refractivity contribution in [2.45, 2.75) is 26.7 Å². The number of carbonyl (C=O) groups excluding carboxylic acids is 3. The molecule has 0 radical (unpaired) electrons. The highest BCUT2D eigenvalue weighted by molar-refractivity contribution is 6.01. The van der Waals surface area contributed by atoms with Gasteiger partial charge in [0.25, 0.3) is 0 Å². The van der Waals surface area contributed by atoms with Gasteiger partial charge < -0.3 is 19.5 Å². The first-order chi connectivity index (χ1) is 11.3. The summed E-state index contributed by atoms with van der Waals surface area (Å²) in [6.45, 7) is 6.29. The van der Waals surface area contributed by atoms with Gasteiger partial charge in [0.2, 0.25) is 5.91 Å². The first kappa shape index (κ1) is 18.2. The molecule has 1 N–H and O–H groups in total. The molecule has 0 spiro atoms. The van der Waals surface area contributed by atoms with Crippen LogP contribution in [0.1, 0.15) is 45.4 Å². The van der Waals surface area contributed by atoms with Gasteiger partial charge in [-0.25, -0.2) is 4.79 Å². The Bertz CT molecular complexity index is 651. The number of carbonyl (C=O) groups is 3. The fraction of sp³-hybridized carbons (Fsp3) is 0.588. The van der Waals surface area contributed by atoms with Gasteiger partial charge in [-0.1, -0.05) is 0 Å². The third kappa shape index (κ3) is 3.84. The number of methoxy groups -OCH3 is 1. The Hall–Kier alpha value is -2.15. The van der Waals surface area contributed by atoms with E-state index in [2.05, 4.69) is 9.88 Å². The Morgan fingerprint density at radius 1 is 1.17 bits per heavy atom. The van der Waals surface area contributed by atoms with E-state index >= 15 is 0 Å². The van der Waals surface area contributed by atoms with Gasteiger partial charge in [0.05, 0.1) is 24.8 Å². The number of esters is 1. The van der Waals surface area contributed by atoms with Gasteiger partial charge in [-0.2, -0.15) is 0 Å². The van der Waals surface area contributed by atoms with Crippen LogP contribution in [-0.4, -0.2) is 72.8 Å². The third-order valence-corrected chi connectivity index (χ3v) is 4.47. The summed E-state index contributed by atoms with van der Waals surface area (Å²) in [5.74, 6) is -0.755. The largest absolute Gasteiger partial charge is 0.465 e. The van der Waals surface area contributed by atoms with Crippen molar-refractivity contribution < 1.29 is 19.1 Å². The maximum absolute atomic E-state index is 12.6. The number of ketones is 1. The summed E-state index contributed by atoms with van der Waals surface area (Å²) in [5, 5.41) is 0. The molecule has 2 heterocycles. The van der Waals surface area contributed by atoms with Gasteiger partial charge in [0.15, 0.2) is 5.78 Å². The lowest BCUT2D eigenvalue weighted by Gasteiger charge is -2.20. The topological polar surface area (TPSA) is 82.7 Å². The highest BCUT2D eigenvalue weighted by atomic mass is 16.5. The molecule has 0 aromatic carbocycles. The minimum atomic E-state index is -0.533. The fourth-order valence-corrected chi connectivity index (χ4v) is 3.08. The standard InChI is InChI=1S/C17H25N3O4/c1-11-15(17(23)24-4)13(18-16(11)12(2)21)10-14(22)20-7-5-6-19(3)8-9-20/h18H,5-10H2,1-4H3. The number of ether oxygens (including phenoxy) is 1. The number of hydrogen-bond donors (Lipinski definition) is 1. The van der Waals surface area contributed by atoms with Crippen LogP contribution >= 0.6 is 0 Å². The lowest BCUT2D eigenvalue weighted by atomic mass is 10.1. The number of nitrogens with zero attached hydrogens (tertiary/aromatic N) is 2. The predicted molar refractivity (Wildman–Crippen MR) is 89.3 cm³/mol. The van der Waals surface area contributed by atoms with Crippen LogP contribution in [0.3, 0.4) is 0 Å². The molecule has 7 heteroatoms. The molecule has 1 aliphatic rings. The van der Waals surface area contributed by atoms with Gasteiger partial charge >= 0.3 is 5.97 Å². The number of aromatic amines is 1. The van der Waals surface area contributed by atoms with Crippen molar-refractivity contribution in [3.63, 3.8) is 0 Å². The quantitative estimate of drug-likeness (QED) is 0.656. The van der Waals surface area contributed by atoms with Crippen LogP contribution in [0.2, 0.25) is 0 Å². The summed E-state index contributed by atoms with van der Waals surface area (Å²) in [6, 6.07) is 0. The molecule has 1 fully saturated rings. The molecule has 0 unspecified atom stereocenters. The molecule has 132 valence electrons. The molecule has 7 nitrogen and oxygen atoms in total. The SMILES string of the molecule is COC(=O)c1c(CC(=O)N2CCCN(C)CC2)[nH]c(C(C)=O)c1C. The molecule has 24 heavy (non-hydrogen) atoms. The first-order valence-corrected chi connectivity index (χ1v) is 8.12. The van der Waals surface area contributed by atoms with Gasteiger partial charge in [-0.05, 0) is 32.5 Å². The Balaban J connectivity index is 2.24. The van der Waals surface area contributed by atoms with Crippen molar-refractivity contribution in [1.29, 1.82) is 0 Å². The number of H-pyrrole nitrogens is 1. The van der Waals surface area contributed by atoms with E-state index in [1.54, 1.807) is 6.92 Å². The van der Waals surface area contributed by atoms with Crippen molar-refractivity contribution >= 4 is 17.7 Å². The van der Waals surface area contributed by atoms with Crippen LogP contribution in [0.5, 0.6) is 0 Å². The lowest BCUT2D eigenvalue weighted by molar-refractivity contribution is -0.130. The summed E-state index contributed by atoms with van der Waals surface area (Å²) in [7, 11) is 3.33. The second-order valence-electron chi connectivity index (χ2n) is 6.24. The number of aromatic nitrogens is 1. The second kappa shape index (κ2) is 7.61. The molecular weight excluding hydrogens is 310 g/mol. The highest BCUT2D eigenvalue weighted by Gasteiger charge is 2.26. The molecule has 2 rings (SSSR count). The number of likely N-dealkylation sites (N-methyl/N-ethyl adjacent to an activating group) is 1. The predicted octanol–water partition coefficient (Wildman–Crippen LogP) is 1.02. The number of rotatable bonds is 4. The van der Waals surface area contributed by atoms with E-state index in [-0.39, 0.29) is 18.1 Å². The van der Waals surface area contributed by atoms with Crippen LogP contribution in [-0.2, 0) is 16.0 Å². The highest BCUT2D eigenvalue weighted by Crippen LogP contribution is 2.21. The molecule has 1 saturated heterocycles. The summed E-state index contributed by atoms with van der Waals surface area (Å²) in [6.07, 6.45) is 0.983. The molecule has 0 aliphatic carbocycles. The second-order valence-corrected chi connectivity index (χ2v) is 6.24. The fourth-order valence-electron chi connectivity index (χ4n) is 3.08. The molecule has 1 aromatic rings. The zero-order chi connectivity index (χ0) is 17.9. The van der Waals surface area contributed by atoms with Crippen molar-refractivity contribution in [3.05, 3.63) is 22.5 Å². The lowest BCUT2D eigenvalue weighted by Crippen LogP contribution is -2.35. The monoisotopic (exact) mass is 335 g/mol. The average Bonchev–Trinajstić information content (AvgIpc) is 2.70. The number of amides is 1. The van der Waals surface area contributed by atoms with Gasteiger partial charge in [-0.3, -0.25) is 9.59 Å². The van der Waals surface area contributed by atoms with Gasteiger partial charge in [-0.15, -0.1) is 0 Å². The van der Waals surface area contributed by atoms with Crippen LogP contribution in [0.15, 0.2) is 0 Å². The number of Topliss-reactive ketones (excluding diaryl/α,β-unsaturated/α-hetero) is 1. The first-order valence-electron chi connectivity index (χ1n) is 8.12. The normalized spacial score (nSPS) is 15.9. The average molecular weight is 335 g/mol. The Labute approximate surface area is 141 Å². The van der Waals surface area contributed by atoms with Crippen molar-refractivity contribution in [1.82, 2.24) is 14.8 Å². The Morgan fingerprint density at radius 2 is 1.88 bits per heavy atom. The summed E-state index contributed by atoms with van der Waals surface area (Å²) < 4.78 is 4.81. The van der Waals surface area contributed by atoms with E-state index in [1.807, 2.05) is 11.9 Å². The molecule has 1 aliphatic heterocycles. The molecule has 0 saturated carbocycles. The summed E-state index contributed by atoms with van der Waals surface area (Å²) >= 11 is 0. The Kier molecular flexibility index (Phi) is 5.77. The molecule has 0 atom stereocenters. The van der Waals surface area contributed by atoms with Crippen LogP contribution < -0.4 is 0 Å². The van der Waals surface area contributed by atoms with Crippen molar-refractivity contribution in [3.8, 4) is 0 Å². The number of nitrogens with one attached hydrogen (secondary N) is 1. The van der Waals surface area contributed by atoms with Crippen molar-refractivity contribution in [2.75, 3.05) is 40.3 Å². The van der Waals surface area contributed by atoms with Gasteiger partial charge in [0.1, 0.15) is 0 Å². The number of hydrogen-bond acceptors (Lipinski definition) is 5. The van der Waals surface area contributed by atoms with E-state index in [4.69, 9.17) is 4.74 Å². The van der Waals surface area contributed by atoms with Crippen LogP contribution in [0, 0.1) is 6.92 Å². The zero-order valence-corrected chi connectivity index (χ0v) is 14.8. The molecule has 1 aromatic heterocycles. The molecule has 0 bridgehead atoms. The third-order valence-electron chi connectivity index (χ3n) is 4.47. The van der Waals surface area contributed by atoms with Crippen molar-refractivity contribution in [2.24, 2.45) is 0 Å². The smallest absolute Gasteiger partial charge is 0.339 e.